The molecule has 0 amide bonds. The maximum atomic E-state index is 4.57. The van der Waals surface area contributed by atoms with Crippen LogP contribution in [0.15, 0.2) is 6.20 Å². The van der Waals surface area contributed by atoms with Gasteiger partial charge in [-0.25, -0.2) is 4.98 Å². The summed E-state index contributed by atoms with van der Waals surface area (Å²) in [7, 11) is 6.42. The van der Waals surface area contributed by atoms with Gasteiger partial charge in [-0.3, -0.25) is 0 Å². The van der Waals surface area contributed by atoms with Gasteiger partial charge in [0, 0.05) is 49.2 Å². The molecular formula is C13H24N4S. The fourth-order valence-corrected chi connectivity index (χ4v) is 3.34. The molecule has 18 heavy (non-hydrogen) atoms. The van der Waals surface area contributed by atoms with Gasteiger partial charge < -0.3 is 15.1 Å². The van der Waals surface area contributed by atoms with E-state index in [1.807, 2.05) is 24.6 Å². The van der Waals surface area contributed by atoms with Crippen LogP contribution in [0.4, 0.5) is 0 Å². The van der Waals surface area contributed by atoms with Gasteiger partial charge in [0.15, 0.2) is 0 Å². The highest BCUT2D eigenvalue weighted by Gasteiger charge is 2.23. The zero-order valence-corrected chi connectivity index (χ0v) is 12.6. The largest absolute Gasteiger partial charge is 0.312 e. The fourth-order valence-electron chi connectivity index (χ4n) is 2.28. The summed E-state index contributed by atoms with van der Waals surface area (Å²) in [6.45, 7) is 5.66. The summed E-state index contributed by atoms with van der Waals surface area (Å²) in [5.41, 5.74) is 0. The maximum Gasteiger partial charge on any atom is 0.0944 e. The first-order chi connectivity index (χ1) is 8.60. The first kappa shape index (κ1) is 13.9. The van der Waals surface area contributed by atoms with Gasteiger partial charge in [-0.05, 0) is 28.1 Å². The Bertz CT molecular complexity index is 379. The monoisotopic (exact) mass is 268 g/mol. The van der Waals surface area contributed by atoms with Gasteiger partial charge in [0.1, 0.15) is 0 Å². The second kappa shape index (κ2) is 6.10. The lowest BCUT2D eigenvalue weighted by molar-refractivity contribution is 0.114. The molecule has 1 aromatic heterocycles. The van der Waals surface area contributed by atoms with E-state index < -0.39 is 0 Å². The Hall–Kier alpha value is -0.490. The quantitative estimate of drug-likeness (QED) is 0.889. The molecule has 1 aliphatic heterocycles. The predicted octanol–water partition coefficient (Wildman–Crippen LogP) is 1.21. The molecule has 102 valence electrons. The number of hydrogen-bond donors (Lipinski definition) is 1. The van der Waals surface area contributed by atoms with Crippen molar-refractivity contribution in [1.82, 2.24) is 20.1 Å². The SMILES string of the molecule is CNC(C)c1cnc(CC2CN(C)CCN2C)s1. The van der Waals surface area contributed by atoms with Gasteiger partial charge >= 0.3 is 0 Å². The van der Waals surface area contributed by atoms with Crippen molar-refractivity contribution < 1.29 is 0 Å². The van der Waals surface area contributed by atoms with E-state index in [0.717, 1.165) is 19.5 Å². The van der Waals surface area contributed by atoms with Gasteiger partial charge in [0.2, 0.25) is 0 Å². The minimum Gasteiger partial charge on any atom is -0.312 e. The predicted molar refractivity (Wildman–Crippen MR) is 77.2 cm³/mol. The average molecular weight is 268 g/mol. The Labute approximate surface area is 114 Å². The molecule has 0 aliphatic carbocycles. The van der Waals surface area contributed by atoms with E-state index in [0.29, 0.717) is 12.1 Å². The molecule has 1 saturated heterocycles. The zero-order valence-electron chi connectivity index (χ0n) is 11.8. The van der Waals surface area contributed by atoms with Crippen LogP contribution < -0.4 is 5.32 Å². The summed E-state index contributed by atoms with van der Waals surface area (Å²) >= 11 is 1.84. The van der Waals surface area contributed by atoms with Crippen molar-refractivity contribution in [3.63, 3.8) is 0 Å². The Morgan fingerprint density at radius 2 is 2.28 bits per heavy atom. The lowest BCUT2D eigenvalue weighted by atomic mass is 10.1. The molecule has 2 rings (SSSR count). The van der Waals surface area contributed by atoms with Crippen LogP contribution in [0.2, 0.25) is 0 Å². The van der Waals surface area contributed by atoms with Crippen LogP contribution in [0, 0.1) is 0 Å². The number of piperazine rings is 1. The molecule has 1 aromatic rings. The second-order valence-corrected chi connectivity index (χ2v) is 6.41. The van der Waals surface area contributed by atoms with Crippen LogP contribution >= 0.6 is 11.3 Å². The number of rotatable bonds is 4. The maximum absolute atomic E-state index is 4.57. The van der Waals surface area contributed by atoms with Crippen LogP contribution in [-0.2, 0) is 6.42 Å². The summed E-state index contributed by atoms with van der Waals surface area (Å²) in [6.07, 6.45) is 3.09. The molecule has 5 heteroatoms. The zero-order chi connectivity index (χ0) is 13.1. The number of aromatic nitrogens is 1. The third kappa shape index (κ3) is 3.29. The lowest BCUT2D eigenvalue weighted by Crippen LogP contribution is -2.50. The molecule has 0 bridgehead atoms. The number of nitrogens with zero attached hydrogens (tertiary/aromatic N) is 3. The van der Waals surface area contributed by atoms with Crippen molar-refractivity contribution in [3.8, 4) is 0 Å². The van der Waals surface area contributed by atoms with Crippen LogP contribution in [0.25, 0.3) is 0 Å². The van der Waals surface area contributed by atoms with Gasteiger partial charge in [0.05, 0.1) is 5.01 Å². The summed E-state index contributed by atoms with van der Waals surface area (Å²) in [6, 6.07) is 1.01. The Morgan fingerprint density at radius 3 is 3.00 bits per heavy atom. The van der Waals surface area contributed by atoms with E-state index in [4.69, 9.17) is 0 Å². The summed E-state index contributed by atoms with van der Waals surface area (Å²) in [5.74, 6) is 0. The molecule has 1 fully saturated rings. The first-order valence-corrected chi connectivity index (χ1v) is 7.42. The molecule has 1 N–H and O–H groups in total. The van der Waals surface area contributed by atoms with Crippen molar-refractivity contribution in [2.75, 3.05) is 40.8 Å². The molecule has 4 nitrogen and oxygen atoms in total. The van der Waals surface area contributed by atoms with Crippen molar-refractivity contribution in [3.05, 3.63) is 16.1 Å². The second-order valence-electron chi connectivity index (χ2n) is 5.27. The first-order valence-electron chi connectivity index (χ1n) is 6.60. The lowest BCUT2D eigenvalue weighted by Gasteiger charge is -2.37. The summed E-state index contributed by atoms with van der Waals surface area (Å²) < 4.78 is 0. The minimum atomic E-state index is 0.406. The van der Waals surface area contributed by atoms with E-state index in [9.17, 15) is 0 Å². The number of thiazole rings is 1. The fraction of sp³-hybridized carbons (Fsp3) is 0.769. The minimum absolute atomic E-state index is 0.406. The molecule has 2 unspecified atom stereocenters. The van der Waals surface area contributed by atoms with Gasteiger partial charge in [0.25, 0.3) is 0 Å². The van der Waals surface area contributed by atoms with Gasteiger partial charge in [-0.1, -0.05) is 0 Å². The van der Waals surface area contributed by atoms with E-state index in [1.165, 1.54) is 16.4 Å². The van der Waals surface area contributed by atoms with Crippen molar-refractivity contribution in [1.29, 1.82) is 0 Å². The molecule has 1 aliphatic rings. The van der Waals surface area contributed by atoms with Gasteiger partial charge in [-0.15, -0.1) is 11.3 Å². The third-order valence-corrected chi connectivity index (χ3v) is 5.02. The van der Waals surface area contributed by atoms with E-state index in [-0.39, 0.29) is 0 Å². The van der Waals surface area contributed by atoms with Crippen LogP contribution in [0.1, 0.15) is 22.9 Å². The van der Waals surface area contributed by atoms with Crippen LogP contribution in [0.3, 0.4) is 0 Å². The Kier molecular flexibility index (Phi) is 4.72. The highest BCUT2D eigenvalue weighted by atomic mass is 32.1. The van der Waals surface area contributed by atoms with Crippen molar-refractivity contribution >= 4 is 11.3 Å². The molecular weight excluding hydrogens is 244 g/mol. The normalized spacial score (nSPS) is 24.3. The number of hydrogen-bond acceptors (Lipinski definition) is 5. The molecule has 0 radical (unpaired) electrons. The topological polar surface area (TPSA) is 31.4 Å². The van der Waals surface area contributed by atoms with E-state index >= 15 is 0 Å². The van der Waals surface area contributed by atoms with E-state index in [2.05, 4.69) is 41.1 Å². The van der Waals surface area contributed by atoms with E-state index in [1.54, 1.807) is 0 Å². The smallest absolute Gasteiger partial charge is 0.0944 e. The van der Waals surface area contributed by atoms with Crippen molar-refractivity contribution in [2.24, 2.45) is 0 Å². The molecule has 2 atom stereocenters. The van der Waals surface area contributed by atoms with Crippen LogP contribution in [-0.4, -0.2) is 61.6 Å². The molecule has 0 saturated carbocycles. The standard InChI is InChI=1S/C13H24N4S/c1-10(14-2)12-8-15-13(18-12)7-11-9-16(3)5-6-17(11)4/h8,10-11,14H,5-7,9H2,1-4H3. The highest BCUT2D eigenvalue weighted by molar-refractivity contribution is 7.11. The molecule has 0 spiro atoms. The number of likely N-dealkylation sites (N-methyl/N-ethyl adjacent to an activating group) is 2. The Morgan fingerprint density at radius 1 is 1.50 bits per heavy atom. The van der Waals surface area contributed by atoms with Crippen LogP contribution in [0.5, 0.6) is 0 Å². The highest BCUT2D eigenvalue weighted by Crippen LogP contribution is 2.22. The number of nitrogens with one attached hydrogen (secondary N) is 1. The Balaban J connectivity index is 1.98. The van der Waals surface area contributed by atoms with Gasteiger partial charge in [-0.2, -0.15) is 0 Å². The summed E-state index contributed by atoms with van der Waals surface area (Å²) in [5, 5.41) is 4.53. The third-order valence-electron chi connectivity index (χ3n) is 3.82. The molecule has 0 aromatic carbocycles. The summed E-state index contributed by atoms with van der Waals surface area (Å²) in [4.78, 5) is 10.8. The molecule has 2 heterocycles. The van der Waals surface area contributed by atoms with Crippen molar-refractivity contribution in [2.45, 2.75) is 25.4 Å². The average Bonchev–Trinajstić information content (AvgIpc) is 2.81.